The highest BCUT2D eigenvalue weighted by atomic mass is 16.2. The number of carbonyl (C=O) groups is 2. The van der Waals surface area contributed by atoms with Gasteiger partial charge < -0.3 is 10.2 Å². The Kier molecular flexibility index (Phi) is 9.03. The molecule has 3 aromatic carbocycles. The van der Waals surface area contributed by atoms with Gasteiger partial charge in [0.15, 0.2) is 0 Å². The summed E-state index contributed by atoms with van der Waals surface area (Å²) in [6, 6.07) is 23.7. The molecule has 0 heterocycles. The van der Waals surface area contributed by atoms with E-state index in [0.717, 1.165) is 34.2 Å². The molecule has 0 fully saturated rings. The molecule has 3 rings (SSSR count). The number of hydrogen-bond donors (Lipinski definition) is 1. The van der Waals surface area contributed by atoms with Crippen LogP contribution >= 0.6 is 0 Å². The zero-order valence-electron chi connectivity index (χ0n) is 20.8. The number of carbonyl (C=O) groups excluding carboxylic acids is 2. The summed E-state index contributed by atoms with van der Waals surface area (Å²) in [4.78, 5) is 28.9. The number of amides is 2. The summed E-state index contributed by atoms with van der Waals surface area (Å²) in [6.45, 7) is 9.14. The van der Waals surface area contributed by atoms with Crippen molar-refractivity contribution in [3.8, 4) is 0 Å². The molecule has 0 saturated heterocycles. The molecule has 0 aliphatic rings. The second kappa shape index (κ2) is 12.2. The summed E-state index contributed by atoms with van der Waals surface area (Å²) in [7, 11) is 0. The molecule has 4 nitrogen and oxygen atoms in total. The minimum atomic E-state index is -0.589. The van der Waals surface area contributed by atoms with Crippen LogP contribution in [0.4, 0.5) is 0 Å². The lowest BCUT2D eigenvalue weighted by Gasteiger charge is -2.32. The highest BCUT2D eigenvalue weighted by Crippen LogP contribution is 2.18. The normalized spacial score (nSPS) is 11.6. The molecule has 3 aromatic rings. The molecule has 4 heteroatoms. The largest absolute Gasteiger partial charge is 0.354 e. The van der Waals surface area contributed by atoms with E-state index in [-0.39, 0.29) is 18.2 Å². The van der Waals surface area contributed by atoms with E-state index in [4.69, 9.17) is 0 Å². The Balaban J connectivity index is 1.96. The van der Waals surface area contributed by atoms with E-state index >= 15 is 0 Å². The first-order chi connectivity index (χ1) is 16.4. The quantitative estimate of drug-likeness (QED) is 0.449. The maximum atomic E-state index is 13.8. The maximum Gasteiger partial charge on any atom is 0.243 e. The lowest BCUT2D eigenvalue weighted by Crippen LogP contribution is -2.51. The first-order valence-corrected chi connectivity index (χ1v) is 12.1. The smallest absolute Gasteiger partial charge is 0.243 e. The van der Waals surface area contributed by atoms with Crippen LogP contribution in [0.25, 0.3) is 0 Å². The zero-order valence-corrected chi connectivity index (χ0v) is 20.8. The van der Waals surface area contributed by atoms with E-state index < -0.39 is 6.04 Å². The second-order valence-electron chi connectivity index (χ2n) is 9.18. The van der Waals surface area contributed by atoms with Crippen LogP contribution in [0.2, 0.25) is 0 Å². The SMILES string of the molecule is CCCNC(=O)C(Cc1ccccc1)N(Cc1ccc(C)cc1)C(=O)Cc1cc(C)cc(C)c1. The predicted octanol–water partition coefficient (Wildman–Crippen LogP) is 5.32. The first kappa shape index (κ1) is 25.2. The average Bonchev–Trinajstić information content (AvgIpc) is 2.81. The number of benzene rings is 3. The number of nitrogens with one attached hydrogen (secondary N) is 1. The molecule has 1 N–H and O–H groups in total. The van der Waals surface area contributed by atoms with E-state index in [2.05, 4.69) is 23.5 Å². The van der Waals surface area contributed by atoms with Crippen molar-refractivity contribution in [2.45, 2.75) is 59.5 Å². The molecule has 0 aliphatic carbocycles. The van der Waals surface area contributed by atoms with Crippen LogP contribution in [0.15, 0.2) is 72.8 Å². The fraction of sp³-hybridized carbons (Fsp3) is 0.333. The Hall–Kier alpha value is -3.40. The Morgan fingerprint density at radius 3 is 2.06 bits per heavy atom. The van der Waals surface area contributed by atoms with Gasteiger partial charge in [-0.1, -0.05) is 96.4 Å². The molecule has 0 spiro atoms. The van der Waals surface area contributed by atoms with Gasteiger partial charge in [0.2, 0.25) is 11.8 Å². The van der Waals surface area contributed by atoms with E-state index in [1.54, 1.807) is 4.90 Å². The van der Waals surface area contributed by atoms with Crippen molar-refractivity contribution in [3.05, 3.63) is 106 Å². The van der Waals surface area contributed by atoms with Crippen molar-refractivity contribution in [3.63, 3.8) is 0 Å². The third kappa shape index (κ3) is 7.31. The molecule has 0 aromatic heterocycles. The van der Waals surface area contributed by atoms with Crippen LogP contribution in [-0.4, -0.2) is 29.3 Å². The molecule has 1 unspecified atom stereocenters. The van der Waals surface area contributed by atoms with Crippen LogP contribution in [-0.2, 0) is 29.0 Å². The van der Waals surface area contributed by atoms with Gasteiger partial charge in [-0.15, -0.1) is 0 Å². The molecular formula is C30H36N2O2. The Morgan fingerprint density at radius 1 is 0.794 bits per heavy atom. The van der Waals surface area contributed by atoms with Gasteiger partial charge in [0.1, 0.15) is 6.04 Å². The van der Waals surface area contributed by atoms with Gasteiger partial charge in [-0.2, -0.15) is 0 Å². The molecule has 0 aliphatic heterocycles. The standard InChI is InChI=1S/C30H36N2O2/c1-5-15-31-30(34)28(19-25-9-7-6-8-10-25)32(21-26-13-11-22(2)12-14-26)29(33)20-27-17-23(3)16-24(4)18-27/h6-14,16-18,28H,5,15,19-21H2,1-4H3,(H,31,34). The predicted molar refractivity (Wildman–Crippen MR) is 139 cm³/mol. The van der Waals surface area contributed by atoms with Crippen molar-refractivity contribution in [1.29, 1.82) is 0 Å². The van der Waals surface area contributed by atoms with Gasteiger partial charge in [-0.05, 0) is 43.9 Å². The Bertz CT molecular complexity index is 1070. The fourth-order valence-corrected chi connectivity index (χ4v) is 4.26. The van der Waals surface area contributed by atoms with Crippen molar-refractivity contribution < 1.29 is 9.59 Å². The van der Waals surface area contributed by atoms with Crippen LogP contribution in [0.5, 0.6) is 0 Å². The Morgan fingerprint density at radius 2 is 1.44 bits per heavy atom. The molecule has 0 radical (unpaired) electrons. The van der Waals surface area contributed by atoms with Gasteiger partial charge in [0, 0.05) is 19.5 Å². The molecule has 2 amide bonds. The van der Waals surface area contributed by atoms with Gasteiger partial charge in [-0.25, -0.2) is 0 Å². The third-order valence-electron chi connectivity index (χ3n) is 5.93. The van der Waals surface area contributed by atoms with Gasteiger partial charge >= 0.3 is 0 Å². The first-order valence-electron chi connectivity index (χ1n) is 12.1. The highest BCUT2D eigenvalue weighted by Gasteiger charge is 2.30. The summed E-state index contributed by atoms with van der Waals surface area (Å²) in [5, 5.41) is 3.03. The van der Waals surface area contributed by atoms with Gasteiger partial charge in [-0.3, -0.25) is 9.59 Å². The molecule has 34 heavy (non-hydrogen) atoms. The zero-order chi connectivity index (χ0) is 24.5. The fourth-order valence-electron chi connectivity index (χ4n) is 4.26. The lowest BCUT2D eigenvalue weighted by molar-refractivity contribution is -0.140. The third-order valence-corrected chi connectivity index (χ3v) is 5.93. The highest BCUT2D eigenvalue weighted by molar-refractivity contribution is 5.88. The molecule has 0 saturated carbocycles. The van der Waals surface area contributed by atoms with Crippen molar-refractivity contribution in [2.75, 3.05) is 6.54 Å². The van der Waals surface area contributed by atoms with Crippen LogP contribution in [0.1, 0.15) is 46.7 Å². The second-order valence-corrected chi connectivity index (χ2v) is 9.18. The number of rotatable bonds is 10. The van der Waals surface area contributed by atoms with E-state index in [0.29, 0.717) is 19.5 Å². The lowest BCUT2D eigenvalue weighted by atomic mass is 10.00. The van der Waals surface area contributed by atoms with Crippen LogP contribution < -0.4 is 5.32 Å². The van der Waals surface area contributed by atoms with Crippen LogP contribution in [0, 0.1) is 20.8 Å². The van der Waals surface area contributed by atoms with E-state index in [1.165, 1.54) is 5.56 Å². The summed E-state index contributed by atoms with van der Waals surface area (Å²) in [6.07, 6.45) is 1.58. The van der Waals surface area contributed by atoms with Crippen molar-refractivity contribution in [1.82, 2.24) is 10.2 Å². The molecule has 1 atom stereocenters. The number of hydrogen-bond acceptors (Lipinski definition) is 2. The maximum absolute atomic E-state index is 13.8. The topological polar surface area (TPSA) is 49.4 Å². The minimum absolute atomic E-state index is 0.0434. The van der Waals surface area contributed by atoms with Crippen LogP contribution in [0.3, 0.4) is 0 Å². The molecule has 0 bridgehead atoms. The summed E-state index contributed by atoms with van der Waals surface area (Å²) in [5.41, 5.74) is 6.46. The van der Waals surface area contributed by atoms with Crippen molar-refractivity contribution in [2.24, 2.45) is 0 Å². The number of nitrogens with zero attached hydrogens (tertiary/aromatic N) is 1. The minimum Gasteiger partial charge on any atom is -0.354 e. The monoisotopic (exact) mass is 456 g/mol. The number of aryl methyl sites for hydroxylation is 3. The van der Waals surface area contributed by atoms with E-state index in [9.17, 15) is 9.59 Å². The molecule has 178 valence electrons. The summed E-state index contributed by atoms with van der Waals surface area (Å²) >= 11 is 0. The average molecular weight is 457 g/mol. The van der Waals surface area contributed by atoms with Gasteiger partial charge in [0.25, 0.3) is 0 Å². The summed E-state index contributed by atoms with van der Waals surface area (Å²) in [5.74, 6) is -0.148. The van der Waals surface area contributed by atoms with E-state index in [1.807, 2.05) is 82.3 Å². The van der Waals surface area contributed by atoms with Crippen molar-refractivity contribution >= 4 is 11.8 Å². The van der Waals surface area contributed by atoms with Gasteiger partial charge in [0.05, 0.1) is 6.42 Å². The molecular weight excluding hydrogens is 420 g/mol. The Labute approximate surface area is 204 Å². The summed E-state index contributed by atoms with van der Waals surface area (Å²) < 4.78 is 0.